The van der Waals surface area contributed by atoms with Gasteiger partial charge in [-0.05, 0) is 6.42 Å². The van der Waals surface area contributed by atoms with E-state index in [4.69, 9.17) is 4.55 Å². The van der Waals surface area contributed by atoms with Crippen LogP contribution in [0.2, 0.25) is 0 Å². The van der Waals surface area contributed by atoms with Crippen molar-refractivity contribution in [3.63, 3.8) is 0 Å². The molecular weight excluding hydrogens is 473 g/mol. The van der Waals surface area contributed by atoms with Crippen LogP contribution in [0.4, 0.5) is 30.7 Å². The zero-order valence-electron chi connectivity index (χ0n) is 16.4. The Morgan fingerprint density at radius 3 is 1.94 bits per heavy atom. The molecule has 0 aliphatic heterocycles. The van der Waals surface area contributed by atoms with Gasteiger partial charge in [0.25, 0.3) is 0 Å². The number of alkyl halides is 7. The number of esters is 1. The third-order valence-corrected chi connectivity index (χ3v) is 4.49. The summed E-state index contributed by atoms with van der Waals surface area (Å²) in [5, 5.41) is 3.89. The fraction of sp³-hybridized carbons (Fsp3) is 0.800. The van der Waals surface area contributed by atoms with Gasteiger partial charge < -0.3 is 19.3 Å². The van der Waals surface area contributed by atoms with Crippen molar-refractivity contribution in [2.45, 2.75) is 63.0 Å². The van der Waals surface area contributed by atoms with Crippen LogP contribution in [0.1, 0.15) is 33.6 Å². The Balaban J connectivity index is 5.76. The van der Waals surface area contributed by atoms with E-state index in [1.165, 1.54) is 20.8 Å². The van der Waals surface area contributed by atoms with E-state index in [1.54, 1.807) is 0 Å². The highest BCUT2D eigenvalue weighted by Gasteiger charge is 2.68. The molecule has 16 heteroatoms. The van der Waals surface area contributed by atoms with Crippen molar-refractivity contribution in [1.82, 2.24) is 0 Å². The van der Waals surface area contributed by atoms with E-state index in [2.05, 4.69) is 20.8 Å². The highest BCUT2D eigenvalue weighted by Crippen LogP contribution is 2.42. The minimum atomic E-state index is -6.55. The van der Waals surface area contributed by atoms with E-state index in [-0.39, 0.29) is 6.26 Å². The zero-order valence-corrected chi connectivity index (χ0v) is 17.2. The van der Waals surface area contributed by atoms with Gasteiger partial charge in [0.15, 0.2) is 6.29 Å². The summed E-state index contributed by atoms with van der Waals surface area (Å²) in [4.78, 5) is 11.9. The largest absolute Gasteiger partial charge is 0.455 e. The van der Waals surface area contributed by atoms with Crippen LogP contribution in [0.3, 0.4) is 0 Å². The van der Waals surface area contributed by atoms with Crippen molar-refractivity contribution in [1.29, 1.82) is 0 Å². The first kappa shape index (κ1) is 29.5. The fourth-order valence-electron chi connectivity index (χ4n) is 1.74. The van der Waals surface area contributed by atoms with Crippen molar-refractivity contribution in [3.05, 3.63) is 12.8 Å². The number of ether oxygens (including phenoxy) is 3. The van der Waals surface area contributed by atoms with Crippen molar-refractivity contribution >= 4 is 16.1 Å². The normalized spacial score (nSPS) is 17.0. The summed E-state index contributed by atoms with van der Waals surface area (Å²) in [5.74, 6) is -12.1. The van der Waals surface area contributed by atoms with Crippen LogP contribution in [0, 0.1) is 5.41 Å². The predicted molar refractivity (Wildman–Crippen MR) is 88.3 cm³/mol. The van der Waals surface area contributed by atoms with E-state index in [0.29, 0.717) is 0 Å². The Bertz CT molecular complexity index is 745. The highest BCUT2D eigenvalue weighted by molar-refractivity contribution is 7.87. The van der Waals surface area contributed by atoms with Crippen LogP contribution < -0.4 is 0 Å². The second-order valence-corrected chi connectivity index (χ2v) is 8.63. The molecule has 0 saturated heterocycles. The molecule has 2 atom stereocenters. The summed E-state index contributed by atoms with van der Waals surface area (Å²) >= 11 is 0. The Labute approximate surface area is 172 Å². The molecule has 0 aromatic heterocycles. The van der Waals surface area contributed by atoms with E-state index in [1.807, 2.05) is 0 Å². The third-order valence-electron chi connectivity index (χ3n) is 3.54. The van der Waals surface area contributed by atoms with Crippen LogP contribution in [0.25, 0.3) is 0 Å². The Morgan fingerprint density at radius 2 is 1.58 bits per heavy atom. The van der Waals surface area contributed by atoms with Gasteiger partial charge in [-0.3, -0.25) is 4.55 Å². The molecule has 0 saturated carbocycles. The van der Waals surface area contributed by atoms with Crippen LogP contribution in [0.5, 0.6) is 0 Å². The van der Waals surface area contributed by atoms with E-state index < -0.39 is 70.4 Å². The molecule has 0 aromatic carbocycles. The van der Waals surface area contributed by atoms with Gasteiger partial charge in [-0.25, -0.2) is 4.79 Å². The van der Waals surface area contributed by atoms with Crippen LogP contribution in [-0.2, 0) is 29.1 Å². The van der Waals surface area contributed by atoms with Gasteiger partial charge in [0.1, 0.15) is 0 Å². The first-order chi connectivity index (χ1) is 13.6. The first-order valence-electron chi connectivity index (χ1n) is 8.18. The van der Waals surface area contributed by atoms with E-state index in [9.17, 15) is 49.1 Å². The van der Waals surface area contributed by atoms with Crippen LogP contribution in [-0.4, -0.2) is 60.1 Å². The molecule has 2 N–H and O–H groups in total. The molecule has 31 heavy (non-hydrogen) atoms. The Kier molecular flexibility index (Phi) is 9.10. The summed E-state index contributed by atoms with van der Waals surface area (Å²) in [6.45, 7) is 4.95. The number of aliphatic hydroxyl groups is 1. The quantitative estimate of drug-likeness (QED) is 0.112. The maximum Gasteiger partial charge on any atom is 0.455 e. The lowest BCUT2D eigenvalue weighted by atomic mass is 9.96. The van der Waals surface area contributed by atoms with Gasteiger partial charge in [0, 0.05) is 11.8 Å². The lowest BCUT2D eigenvalue weighted by molar-refractivity contribution is -0.404. The van der Waals surface area contributed by atoms with Crippen LogP contribution in [0.15, 0.2) is 12.8 Å². The molecule has 0 amide bonds. The molecule has 0 radical (unpaired) electrons. The molecule has 8 nitrogen and oxygen atoms in total. The van der Waals surface area contributed by atoms with Crippen molar-refractivity contribution in [2.24, 2.45) is 5.41 Å². The lowest BCUT2D eigenvalue weighted by Crippen LogP contribution is -2.60. The summed E-state index contributed by atoms with van der Waals surface area (Å²) in [6.07, 6.45) is -11.3. The summed E-state index contributed by atoms with van der Waals surface area (Å²) in [5.41, 5.74) is -1.42. The van der Waals surface area contributed by atoms with Gasteiger partial charge >= 0.3 is 39.2 Å². The third kappa shape index (κ3) is 6.74. The molecule has 0 aliphatic carbocycles. The van der Waals surface area contributed by atoms with Gasteiger partial charge in [-0.15, -0.1) is 0 Å². The zero-order chi connectivity index (χ0) is 25.1. The molecular formula is C15H21F7O8S. The number of rotatable bonds is 11. The molecule has 184 valence electrons. The van der Waals surface area contributed by atoms with Gasteiger partial charge in [-0.1, -0.05) is 27.4 Å². The highest BCUT2D eigenvalue weighted by atomic mass is 32.2. The summed E-state index contributed by atoms with van der Waals surface area (Å²) in [7, 11) is -6.55. The first-order valence-corrected chi connectivity index (χ1v) is 9.62. The SMILES string of the molecule is C=COC(=O)C(OCCCC(F)(F)C(F)(F)S(=O)(=O)O)(OC(O)C(C)(C)C)C(F)(F)F. The van der Waals surface area contributed by atoms with Crippen molar-refractivity contribution < 1.29 is 67.8 Å². The molecule has 0 aliphatic rings. The summed E-state index contributed by atoms with van der Waals surface area (Å²) in [6, 6.07) is 0. The van der Waals surface area contributed by atoms with Gasteiger partial charge in [0.05, 0.1) is 12.9 Å². The molecule has 0 aromatic rings. The lowest BCUT2D eigenvalue weighted by Gasteiger charge is -2.37. The number of halogens is 7. The van der Waals surface area contributed by atoms with Gasteiger partial charge in [-0.2, -0.15) is 39.2 Å². The molecule has 2 unspecified atom stereocenters. The topological polar surface area (TPSA) is 119 Å². The maximum atomic E-state index is 13.6. The molecule has 0 heterocycles. The Morgan fingerprint density at radius 1 is 1.10 bits per heavy atom. The fourth-order valence-corrected chi connectivity index (χ4v) is 2.22. The van der Waals surface area contributed by atoms with Crippen molar-refractivity contribution in [3.8, 4) is 0 Å². The van der Waals surface area contributed by atoms with E-state index in [0.717, 1.165) is 0 Å². The van der Waals surface area contributed by atoms with Crippen molar-refractivity contribution in [2.75, 3.05) is 6.61 Å². The minimum absolute atomic E-state index is 0.250. The maximum absolute atomic E-state index is 13.6. The van der Waals surface area contributed by atoms with E-state index >= 15 is 0 Å². The van der Waals surface area contributed by atoms with Crippen LogP contribution >= 0.6 is 0 Å². The summed E-state index contributed by atoms with van der Waals surface area (Å²) < 4.78 is 136. The average molecular weight is 494 g/mol. The monoisotopic (exact) mass is 494 g/mol. The molecule has 0 spiro atoms. The second kappa shape index (κ2) is 9.56. The number of hydrogen-bond acceptors (Lipinski definition) is 7. The molecule has 0 rings (SSSR count). The number of carbonyl (C=O) groups excluding carboxylic acids is 1. The predicted octanol–water partition coefficient (Wildman–Crippen LogP) is 3.23. The molecule has 0 fully saturated rings. The second-order valence-electron chi connectivity index (χ2n) is 7.17. The number of aliphatic hydroxyl groups excluding tert-OH is 1. The standard InChI is InChI=1S/C15H21F7O8S/c1-5-28-10(24)13(14(18,19)20,30-9(23)11(2,3)4)29-8-6-7-12(16,17)15(21,22)31(25,26)27/h5,9,23H,1,6-8H2,2-4H3,(H,25,26,27). The Hall–Kier alpha value is -1.49. The number of carbonyl (C=O) groups is 1. The molecule has 0 bridgehead atoms. The minimum Gasteiger partial charge on any atom is -0.431 e. The van der Waals surface area contributed by atoms with Gasteiger partial charge in [0.2, 0.25) is 0 Å². The smallest absolute Gasteiger partial charge is 0.431 e. The average Bonchev–Trinajstić information content (AvgIpc) is 2.54. The number of hydrogen-bond donors (Lipinski definition) is 2.